The van der Waals surface area contributed by atoms with Crippen LogP contribution < -0.4 is 5.63 Å². The summed E-state index contributed by atoms with van der Waals surface area (Å²) in [5.74, 6) is -0.335. The number of pyridine rings is 1. The normalized spacial score (nSPS) is 10.7. The van der Waals surface area contributed by atoms with Crippen LogP contribution >= 0.6 is 0 Å². The third-order valence-electron chi connectivity index (χ3n) is 3.70. The number of fused-ring (bicyclic) bond motifs is 1. The number of carbonyl (C=O) groups is 1. The van der Waals surface area contributed by atoms with Crippen LogP contribution in [0.2, 0.25) is 0 Å². The Kier molecular flexibility index (Phi) is 4.19. The fraction of sp³-hybridized carbons (Fsp3) is 0.167. The first-order chi connectivity index (χ1) is 11.1. The molecule has 0 aliphatic heterocycles. The molecule has 0 N–H and O–H groups in total. The molecular formula is C18H16N2O3. The smallest absolute Gasteiger partial charge is 0.349 e. The fourth-order valence-corrected chi connectivity index (χ4v) is 2.36. The Hall–Kier alpha value is -2.95. The van der Waals surface area contributed by atoms with Crippen molar-refractivity contribution < 1.29 is 9.21 Å². The van der Waals surface area contributed by atoms with E-state index in [2.05, 4.69) is 4.98 Å². The van der Waals surface area contributed by atoms with E-state index in [1.54, 1.807) is 37.6 Å². The molecule has 5 heteroatoms. The minimum atomic E-state index is -0.607. The van der Waals surface area contributed by atoms with E-state index < -0.39 is 5.63 Å². The number of likely N-dealkylation sites (N-methyl/N-ethyl adjacent to an activating group) is 1. The van der Waals surface area contributed by atoms with Crippen LogP contribution in [0.25, 0.3) is 11.0 Å². The van der Waals surface area contributed by atoms with Gasteiger partial charge >= 0.3 is 5.63 Å². The first kappa shape index (κ1) is 15.0. The summed E-state index contributed by atoms with van der Waals surface area (Å²) in [6.07, 6.45) is 4.13. The molecular weight excluding hydrogens is 292 g/mol. The number of amides is 1. The Morgan fingerprint density at radius 1 is 1.17 bits per heavy atom. The molecule has 0 fully saturated rings. The first-order valence-electron chi connectivity index (χ1n) is 7.32. The Morgan fingerprint density at radius 2 is 1.91 bits per heavy atom. The highest BCUT2D eigenvalue weighted by Gasteiger charge is 2.17. The van der Waals surface area contributed by atoms with Gasteiger partial charge in [0.1, 0.15) is 11.1 Å². The van der Waals surface area contributed by atoms with Crippen molar-refractivity contribution in [3.63, 3.8) is 0 Å². The molecule has 0 saturated carbocycles. The maximum absolute atomic E-state index is 12.5. The molecule has 0 aliphatic rings. The van der Waals surface area contributed by atoms with Gasteiger partial charge in [0.05, 0.1) is 0 Å². The quantitative estimate of drug-likeness (QED) is 0.695. The summed E-state index contributed by atoms with van der Waals surface area (Å²) < 4.78 is 5.22. The highest BCUT2D eigenvalue weighted by Crippen LogP contribution is 2.13. The van der Waals surface area contributed by atoms with Crippen LogP contribution in [0.4, 0.5) is 0 Å². The molecule has 1 amide bonds. The molecule has 0 unspecified atom stereocenters. The Balaban J connectivity index is 1.79. The third kappa shape index (κ3) is 3.29. The molecule has 3 rings (SSSR count). The van der Waals surface area contributed by atoms with Crippen molar-refractivity contribution in [2.24, 2.45) is 0 Å². The standard InChI is InChI=1S/C18H16N2O3/c1-20(11-8-13-6-9-19-10-7-13)17(21)15-12-14-4-2-3-5-16(14)23-18(15)22/h2-7,9-10,12H,8,11H2,1H3. The second-order valence-corrected chi connectivity index (χ2v) is 5.32. The lowest BCUT2D eigenvalue weighted by atomic mass is 10.1. The van der Waals surface area contributed by atoms with Crippen molar-refractivity contribution >= 4 is 16.9 Å². The predicted molar refractivity (Wildman–Crippen MR) is 87.4 cm³/mol. The number of rotatable bonds is 4. The summed E-state index contributed by atoms with van der Waals surface area (Å²) in [4.78, 5) is 30.0. The number of carbonyl (C=O) groups excluding carboxylic acids is 1. The summed E-state index contributed by atoms with van der Waals surface area (Å²) in [6, 6.07) is 12.5. The van der Waals surface area contributed by atoms with E-state index in [-0.39, 0.29) is 11.5 Å². The Morgan fingerprint density at radius 3 is 2.70 bits per heavy atom. The van der Waals surface area contributed by atoms with Gasteiger partial charge < -0.3 is 9.32 Å². The van der Waals surface area contributed by atoms with E-state index in [1.807, 2.05) is 24.3 Å². The van der Waals surface area contributed by atoms with Crippen molar-refractivity contribution in [1.82, 2.24) is 9.88 Å². The van der Waals surface area contributed by atoms with Gasteiger partial charge in [0.15, 0.2) is 0 Å². The van der Waals surface area contributed by atoms with E-state index >= 15 is 0 Å². The molecule has 3 aromatic rings. The minimum absolute atomic E-state index is 0.0564. The Bertz CT molecular complexity index is 887. The zero-order valence-corrected chi connectivity index (χ0v) is 12.7. The number of para-hydroxylation sites is 1. The molecule has 0 bridgehead atoms. The molecule has 0 saturated heterocycles. The zero-order chi connectivity index (χ0) is 16.2. The van der Waals surface area contributed by atoms with Crippen LogP contribution in [0.15, 0.2) is 64.1 Å². The summed E-state index contributed by atoms with van der Waals surface area (Å²) in [5, 5.41) is 0.734. The summed E-state index contributed by atoms with van der Waals surface area (Å²) in [6.45, 7) is 0.509. The topological polar surface area (TPSA) is 63.4 Å². The lowest BCUT2D eigenvalue weighted by Crippen LogP contribution is -2.32. The van der Waals surface area contributed by atoms with Crippen molar-refractivity contribution in [3.8, 4) is 0 Å². The SMILES string of the molecule is CN(CCc1ccncc1)C(=O)c1cc2ccccc2oc1=O. The summed E-state index contributed by atoms with van der Waals surface area (Å²) >= 11 is 0. The van der Waals surface area contributed by atoms with Gasteiger partial charge in [0.25, 0.3) is 5.91 Å². The average molecular weight is 308 g/mol. The molecule has 2 aromatic heterocycles. The molecule has 1 aromatic carbocycles. The highest BCUT2D eigenvalue weighted by molar-refractivity contribution is 5.96. The molecule has 5 nitrogen and oxygen atoms in total. The molecule has 23 heavy (non-hydrogen) atoms. The summed E-state index contributed by atoms with van der Waals surface area (Å²) in [7, 11) is 1.68. The predicted octanol–water partition coefficient (Wildman–Crippen LogP) is 2.50. The number of nitrogens with zero attached hydrogens (tertiary/aromatic N) is 2. The molecule has 0 spiro atoms. The van der Waals surface area contributed by atoms with Gasteiger partial charge in [0.2, 0.25) is 0 Å². The lowest BCUT2D eigenvalue weighted by molar-refractivity contribution is 0.0792. The summed E-state index contributed by atoms with van der Waals surface area (Å²) in [5.41, 5.74) is 1.02. The first-order valence-corrected chi connectivity index (χ1v) is 7.32. The van der Waals surface area contributed by atoms with Gasteiger partial charge in [-0.25, -0.2) is 4.79 Å². The maximum atomic E-state index is 12.5. The second kappa shape index (κ2) is 6.44. The van der Waals surface area contributed by atoms with Crippen LogP contribution in [-0.2, 0) is 6.42 Å². The molecule has 0 atom stereocenters. The third-order valence-corrected chi connectivity index (χ3v) is 3.70. The molecule has 116 valence electrons. The van der Waals surface area contributed by atoms with Gasteiger partial charge in [-0.15, -0.1) is 0 Å². The highest BCUT2D eigenvalue weighted by atomic mass is 16.4. The van der Waals surface area contributed by atoms with Crippen LogP contribution in [-0.4, -0.2) is 29.4 Å². The van der Waals surface area contributed by atoms with E-state index in [0.29, 0.717) is 18.5 Å². The lowest BCUT2D eigenvalue weighted by Gasteiger charge is -2.16. The second-order valence-electron chi connectivity index (χ2n) is 5.32. The minimum Gasteiger partial charge on any atom is -0.422 e. The van der Waals surface area contributed by atoms with Crippen molar-refractivity contribution in [3.05, 3.63) is 76.4 Å². The van der Waals surface area contributed by atoms with Gasteiger partial charge in [0, 0.05) is 31.4 Å². The van der Waals surface area contributed by atoms with Gasteiger partial charge in [-0.2, -0.15) is 0 Å². The molecule has 0 aliphatic carbocycles. The number of hydrogen-bond donors (Lipinski definition) is 0. The van der Waals surface area contributed by atoms with Crippen LogP contribution in [0.1, 0.15) is 15.9 Å². The van der Waals surface area contributed by atoms with E-state index in [0.717, 1.165) is 10.9 Å². The molecule has 2 heterocycles. The van der Waals surface area contributed by atoms with Crippen LogP contribution in [0, 0.1) is 0 Å². The number of benzene rings is 1. The van der Waals surface area contributed by atoms with E-state index in [1.165, 1.54) is 4.90 Å². The van der Waals surface area contributed by atoms with Gasteiger partial charge in [-0.1, -0.05) is 18.2 Å². The van der Waals surface area contributed by atoms with Crippen molar-refractivity contribution in [2.75, 3.05) is 13.6 Å². The van der Waals surface area contributed by atoms with Gasteiger partial charge in [-0.05, 0) is 36.2 Å². The largest absolute Gasteiger partial charge is 0.422 e. The average Bonchev–Trinajstić information content (AvgIpc) is 2.59. The van der Waals surface area contributed by atoms with Gasteiger partial charge in [-0.3, -0.25) is 9.78 Å². The number of hydrogen-bond acceptors (Lipinski definition) is 4. The number of aromatic nitrogens is 1. The maximum Gasteiger partial charge on any atom is 0.349 e. The van der Waals surface area contributed by atoms with E-state index in [4.69, 9.17) is 4.42 Å². The fourth-order valence-electron chi connectivity index (χ4n) is 2.36. The van der Waals surface area contributed by atoms with Crippen LogP contribution in [0.5, 0.6) is 0 Å². The van der Waals surface area contributed by atoms with E-state index in [9.17, 15) is 9.59 Å². The Labute approximate surface area is 133 Å². The monoisotopic (exact) mass is 308 g/mol. The van der Waals surface area contributed by atoms with Crippen LogP contribution in [0.3, 0.4) is 0 Å². The molecule has 0 radical (unpaired) electrons. The zero-order valence-electron chi connectivity index (χ0n) is 12.7. The van der Waals surface area contributed by atoms with Crippen molar-refractivity contribution in [1.29, 1.82) is 0 Å². The van der Waals surface area contributed by atoms with Crippen molar-refractivity contribution in [2.45, 2.75) is 6.42 Å².